The van der Waals surface area contributed by atoms with Crippen LogP contribution in [0.3, 0.4) is 0 Å². The van der Waals surface area contributed by atoms with Gasteiger partial charge in [0.2, 0.25) is 11.6 Å². The Morgan fingerprint density at radius 1 is 1.00 bits per heavy atom. The molecule has 2 rings (SSSR count). The van der Waals surface area contributed by atoms with Crippen molar-refractivity contribution < 1.29 is 9.59 Å². The predicted octanol–water partition coefficient (Wildman–Crippen LogP) is 2.97. The van der Waals surface area contributed by atoms with Crippen LogP contribution in [0.4, 0.5) is 0 Å². The molecule has 2 nitrogen and oxygen atoms in total. The highest BCUT2D eigenvalue weighted by Crippen LogP contribution is 2.30. The summed E-state index contributed by atoms with van der Waals surface area (Å²) < 4.78 is 0. The van der Waals surface area contributed by atoms with Crippen LogP contribution >= 0.6 is 0 Å². The molecule has 0 amide bonds. The highest BCUT2D eigenvalue weighted by molar-refractivity contribution is 6.53. The number of hydrogen-bond acceptors (Lipinski definition) is 2. The van der Waals surface area contributed by atoms with Gasteiger partial charge in [0.25, 0.3) is 0 Å². The van der Waals surface area contributed by atoms with Crippen molar-refractivity contribution in [2.45, 2.75) is 6.92 Å². The molecule has 0 atom stereocenters. The van der Waals surface area contributed by atoms with Gasteiger partial charge in [-0.1, -0.05) is 49.1 Å². The van der Waals surface area contributed by atoms with Crippen molar-refractivity contribution in [1.29, 1.82) is 0 Å². The van der Waals surface area contributed by atoms with Gasteiger partial charge in [-0.3, -0.25) is 9.59 Å². The zero-order chi connectivity index (χ0) is 12.4. The van der Waals surface area contributed by atoms with Gasteiger partial charge in [0.15, 0.2) is 0 Å². The van der Waals surface area contributed by atoms with E-state index in [0.717, 1.165) is 11.1 Å². The fourth-order valence-electron chi connectivity index (χ4n) is 1.98. The van der Waals surface area contributed by atoms with Crippen molar-refractivity contribution in [3.8, 4) is 0 Å². The van der Waals surface area contributed by atoms with E-state index in [1.807, 2.05) is 31.2 Å². The fraction of sp³-hybridized carbons (Fsp3) is 0.0667. The molecule has 0 bridgehead atoms. The molecule has 0 aromatic heterocycles. The first-order valence-corrected chi connectivity index (χ1v) is 5.38. The number of hydrogen-bond donors (Lipinski definition) is 0. The maximum Gasteiger partial charge on any atom is 0.234 e. The Morgan fingerprint density at radius 2 is 1.65 bits per heavy atom. The van der Waals surface area contributed by atoms with Crippen LogP contribution in [0.1, 0.15) is 22.8 Å². The van der Waals surface area contributed by atoms with Gasteiger partial charge in [-0.25, -0.2) is 0 Å². The van der Waals surface area contributed by atoms with Gasteiger partial charge in [0, 0.05) is 11.1 Å². The van der Waals surface area contributed by atoms with E-state index in [9.17, 15) is 9.59 Å². The van der Waals surface area contributed by atoms with E-state index in [4.69, 9.17) is 0 Å². The van der Waals surface area contributed by atoms with Crippen molar-refractivity contribution >= 4 is 17.1 Å². The van der Waals surface area contributed by atoms with Crippen LogP contribution < -0.4 is 0 Å². The predicted molar refractivity (Wildman–Crippen MR) is 67.7 cm³/mol. The van der Waals surface area contributed by atoms with E-state index in [0.29, 0.717) is 11.1 Å². The van der Waals surface area contributed by atoms with Gasteiger partial charge in [-0.2, -0.15) is 0 Å². The molecule has 2 heteroatoms. The van der Waals surface area contributed by atoms with Gasteiger partial charge < -0.3 is 0 Å². The van der Waals surface area contributed by atoms with E-state index in [2.05, 4.69) is 6.58 Å². The monoisotopic (exact) mass is 224 g/mol. The molecule has 1 aromatic carbocycles. The third-order valence-electron chi connectivity index (χ3n) is 2.74. The second-order valence-corrected chi connectivity index (χ2v) is 3.74. The number of rotatable bonds is 2. The van der Waals surface area contributed by atoms with Crippen molar-refractivity contribution in [3.63, 3.8) is 0 Å². The van der Waals surface area contributed by atoms with Gasteiger partial charge in [-0.05, 0) is 18.1 Å². The number of carbonyl (C=O) groups excluding carboxylic acids is 2. The van der Waals surface area contributed by atoms with Crippen molar-refractivity contribution in [1.82, 2.24) is 0 Å². The number of benzene rings is 1. The topological polar surface area (TPSA) is 34.1 Å². The molecule has 1 aliphatic carbocycles. The van der Waals surface area contributed by atoms with E-state index >= 15 is 0 Å². The summed E-state index contributed by atoms with van der Waals surface area (Å²) >= 11 is 0. The minimum Gasteiger partial charge on any atom is -0.285 e. The summed E-state index contributed by atoms with van der Waals surface area (Å²) in [6.07, 6.45) is 5.13. The SMILES string of the molecule is C=CC1=C(/C=C\C)c2ccccc2C(=O)C1=O. The molecule has 84 valence electrons. The molecule has 0 radical (unpaired) electrons. The highest BCUT2D eigenvalue weighted by Gasteiger charge is 2.29. The number of allylic oxidation sites excluding steroid dienone is 5. The molecule has 0 heterocycles. The molecular weight excluding hydrogens is 212 g/mol. The second kappa shape index (κ2) is 4.34. The Labute approximate surface area is 100.0 Å². The van der Waals surface area contributed by atoms with Crippen LogP contribution in [-0.4, -0.2) is 11.6 Å². The zero-order valence-electron chi connectivity index (χ0n) is 9.57. The Balaban J connectivity index is 2.81. The Kier molecular flexibility index (Phi) is 2.88. The summed E-state index contributed by atoms with van der Waals surface area (Å²) in [5, 5.41) is 0. The molecule has 0 unspecified atom stereocenters. The van der Waals surface area contributed by atoms with Crippen LogP contribution in [0.25, 0.3) is 5.57 Å². The first kappa shape index (κ1) is 11.3. The lowest BCUT2D eigenvalue weighted by Crippen LogP contribution is -2.22. The van der Waals surface area contributed by atoms with Crippen molar-refractivity contribution in [2.75, 3.05) is 0 Å². The van der Waals surface area contributed by atoms with Gasteiger partial charge >= 0.3 is 0 Å². The smallest absolute Gasteiger partial charge is 0.234 e. The van der Waals surface area contributed by atoms with Crippen LogP contribution in [0.5, 0.6) is 0 Å². The molecule has 17 heavy (non-hydrogen) atoms. The Hall–Kier alpha value is -2.22. The first-order valence-electron chi connectivity index (χ1n) is 5.38. The highest BCUT2D eigenvalue weighted by atomic mass is 16.2. The normalized spacial score (nSPS) is 15.4. The average Bonchev–Trinajstić information content (AvgIpc) is 2.36. The fourth-order valence-corrected chi connectivity index (χ4v) is 1.98. The van der Waals surface area contributed by atoms with E-state index in [1.165, 1.54) is 6.08 Å². The molecule has 1 aromatic rings. The van der Waals surface area contributed by atoms with E-state index < -0.39 is 11.6 Å². The second-order valence-electron chi connectivity index (χ2n) is 3.74. The molecule has 0 N–H and O–H groups in total. The van der Waals surface area contributed by atoms with Crippen LogP contribution in [0.15, 0.2) is 54.6 Å². The van der Waals surface area contributed by atoms with Crippen LogP contribution in [-0.2, 0) is 4.79 Å². The van der Waals surface area contributed by atoms with Gasteiger partial charge in [0.05, 0.1) is 0 Å². The summed E-state index contributed by atoms with van der Waals surface area (Å²) in [6, 6.07) is 7.14. The Morgan fingerprint density at radius 3 is 2.24 bits per heavy atom. The zero-order valence-corrected chi connectivity index (χ0v) is 9.57. The lowest BCUT2D eigenvalue weighted by Gasteiger charge is -2.17. The molecule has 1 aliphatic rings. The summed E-state index contributed by atoms with van der Waals surface area (Å²) in [4.78, 5) is 23.8. The summed E-state index contributed by atoms with van der Waals surface area (Å²) in [5.41, 5.74) is 2.41. The molecule has 0 spiro atoms. The van der Waals surface area contributed by atoms with Crippen molar-refractivity contribution in [2.24, 2.45) is 0 Å². The maximum atomic E-state index is 11.9. The summed E-state index contributed by atoms with van der Waals surface area (Å²) in [5.74, 6) is -0.935. The molecule has 0 saturated heterocycles. The minimum absolute atomic E-state index is 0.381. The third-order valence-corrected chi connectivity index (χ3v) is 2.74. The standard InChI is InChI=1S/C15H12O2/c1-3-7-11-10(4-2)14(16)15(17)13-9-6-5-8-12(11)13/h3-9H,2H2,1H3/b7-3-. The van der Waals surface area contributed by atoms with Crippen LogP contribution in [0, 0.1) is 0 Å². The number of Topliss-reactive ketones (excluding diaryl/α,β-unsaturated/α-hetero) is 2. The number of fused-ring (bicyclic) bond motifs is 1. The molecular formula is C15H12O2. The number of ketones is 2. The Bertz CT molecular complexity index is 574. The summed E-state index contributed by atoms with van der Waals surface area (Å²) in [6.45, 7) is 5.48. The quantitative estimate of drug-likeness (QED) is 0.724. The van der Waals surface area contributed by atoms with Crippen molar-refractivity contribution in [3.05, 3.63) is 65.8 Å². The van der Waals surface area contributed by atoms with Gasteiger partial charge in [-0.15, -0.1) is 0 Å². The van der Waals surface area contributed by atoms with Crippen LogP contribution in [0.2, 0.25) is 0 Å². The maximum absolute atomic E-state index is 11.9. The molecule has 0 aliphatic heterocycles. The first-order chi connectivity index (χ1) is 8.20. The molecule has 0 saturated carbocycles. The van der Waals surface area contributed by atoms with E-state index in [1.54, 1.807) is 12.1 Å². The number of carbonyl (C=O) groups is 2. The molecule has 0 fully saturated rings. The average molecular weight is 224 g/mol. The summed E-state index contributed by atoms with van der Waals surface area (Å²) in [7, 11) is 0. The lowest BCUT2D eigenvalue weighted by atomic mass is 9.83. The lowest BCUT2D eigenvalue weighted by molar-refractivity contribution is -0.111. The van der Waals surface area contributed by atoms with Gasteiger partial charge in [0.1, 0.15) is 0 Å². The largest absolute Gasteiger partial charge is 0.285 e. The third kappa shape index (κ3) is 1.68. The minimum atomic E-state index is -0.480. The van der Waals surface area contributed by atoms with E-state index in [-0.39, 0.29) is 0 Å².